The van der Waals surface area contributed by atoms with Crippen LogP contribution in [-0.2, 0) is 13.1 Å². The van der Waals surface area contributed by atoms with Gasteiger partial charge in [-0.3, -0.25) is 4.90 Å². The minimum absolute atomic E-state index is 0.604. The molecule has 2 aromatic rings. The van der Waals surface area contributed by atoms with E-state index in [4.69, 9.17) is 23.2 Å². The highest BCUT2D eigenvalue weighted by Crippen LogP contribution is 2.16. The van der Waals surface area contributed by atoms with Gasteiger partial charge >= 0.3 is 0 Å². The zero-order valence-corrected chi connectivity index (χ0v) is 14.7. The molecule has 0 radical (unpaired) electrons. The van der Waals surface area contributed by atoms with Crippen LogP contribution in [0.3, 0.4) is 0 Å². The first-order valence-corrected chi connectivity index (χ1v) is 8.89. The standard InChI is InChI=1S/C19H22Cl2N2/c20-17-5-1-15(2-6-17)13-22-19-9-11-23(12-10-19)14-16-3-7-18(21)8-4-16/h1-8,19,22H,9-14H2. The van der Waals surface area contributed by atoms with Crippen molar-refractivity contribution < 1.29 is 0 Å². The lowest BCUT2D eigenvalue weighted by Crippen LogP contribution is -2.41. The van der Waals surface area contributed by atoms with Crippen LogP contribution >= 0.6 is 23.2 Å². The molecule has 1 fully saturated rings. The van der Waals surface area contributed by atoms with Gasteiger partial charge in [0.15, 0.2) is 0 Å². The van der Waals surface area contributed by atoms with Gasteiger partial charge in [-0.2, -0.15) is 0 Å². The van der Waals surface area contributed by atoms with Crippen LogP contribution in [0.15, 0.2) is 48.5 Å². The molecule has 23 heavy (non-hydrogen) atoms. The fourth-order valence-corrected chi connectivity index (χ4v) is 3.26. The van der Waals surface area contributed by atoms with E-state index in [0.29, 0.717) is 6.04 Å². The minimum Gasteiger partial charge on any atom is -0.310 e. The van der Waals surface area contributed by atoms with Crippen LogP contribution in [0.5, 0.6) is 0 Å². The summed E-state index contributed by atoms with van der Waals surface area (Å²) in [7, 11) is 0. The third-order valence-corrected chi connectivity index (χ3v) is 4.92. The Morgan fingerprint density at radius 2 is 1.35 bits per heavy atom. The third kappa shape index (κ3) is 5.22. The largest absolute Gasteiger partial charge is 0.310 e. The van der Waals surface area contributed by atoms with Crippen LogP contribution in [0.4, 0.5) is 0 Å². The Hall–Kier alpha value is -1.06. The Balaban J connectivity index is 1.41. The van der Waals surface area contributed by atoms with E-state index in [1.165, 1.54) is 24.0 Å². The molecular formula is C19H22Cl2N2. The van der Waals surface area contributed by atoms with Crippen LogP contribution in [0, 0.1) is 0 Å². The lowest BCUT2D eigenvalue weighted by atomic mass is 10.0. The molecule has 122 valence electrons. The summed E-state index contributed by atoms with van der Waals surface area (Å²) in [5, 5.41) is 5.26. The maximum absolute atomic E-state index is 5.94. The molecular weight excluding hydrogens is 327 g/mol. The Bertz CT molecular complexity index is 602. The molecule has 3 rings (SSSR count). The smallest absolute Gasteiger partial charge is 0.0406 e. The molecule has 0 spiro atoms. The Kier molecular flexibility index (Phi) is 5.96. The average molecular weight is 349 g/mol. The van der Waals surface area contributed by atoms with Gasteiger partial charge in [0, 0.05) is 29.2 Å². The molecule has 0 unspecified atom stereocenters. The number of piperidine rings is 1. The first-order valence-electron chi connectivity index (χ1n) is 8.14. The summed E-state index contributed by atoms with van der Waals surface area (Å²) in [5.41, 5.74) is 2.62. The average Bonchev–Trinajstić information content (AvgIpc) is 2.58. The van der Waals surface area contributed by atoms with Crippen LogP contribution in [0.1, 0.15) is 24.0 Å². The van der Waals surface area contributed by atoms with E-state index in [1.54, 1.807) is 0 Å². The molecule has 2 aromatic carbocycles. The maximum Gasteiger partial charge on any atom is 0.0406 e. The maximum atomic E-state index is 5.94. The number of nitrogens with zero attached hydrogens (tertiary/aromatic N) is 1. The molecule has 0 aromatic heterocycles. The topological polar surface area (TPSA) is 15.3 Å². The second-order valence-electron chi connectivity index (χ2n) is 6.18. The van der Waals surface area contributed by atoms with Crippen molar-refractivity contribution >= 4 is 23.2 Å². The predicted molar refractivity (Wildman–Crippen MR) is 98.0 cm³/mol. The van der Waals surface area contributed by atoms with Crippen molar-refractivity contribution in [3.05, 3.63) is 69.7 Å². The second kappa shape index (κ2) is 8.16. The summed E-state index contributed by atoms with van der Waals surface area (Å²) in [5.74, 6) is 0. The van der Waals surface area contributed by atoms with Crippen molar-refractivity contribution in [3.8, 4) is 0 Å². The first-order chi connectivity index (χ1) is 11.2. The highest BCUT2D eigenvalue weighted by atomic mass is 35.5. The number of hydrogen-bond acceptors (Lipinski definition) is 2. The minimum atomic E-state index is 0.604. The van der Waals surface area contributed by atoms with Gasteiger partial charge < -0.3 is 5.32 Å². The first kappa shape index (κ1) is 16.8. The van der Waals surface area contributed by atoms with Gasteiger partial charge in [-0.15, -0.1) is 0 Å². The summed E-state index contributed by atoms with van der Waals surface area (Å²) >= 11 is 11.9. The summed E-state index contributed by atoms with van der Waals surface area (Å²) in [6.45, 7) is 4.21. The SMILES string of the molecule is Clc1ccc(CNC2CCN(Cc3ccc(Cl)cc3)CC2)cc1. The molecule has 1 N–H and O–H groups in total. The van der Waals surface area contributed by atoms with Crippen molar-refractivity contribution in [1.82, 2.24) is 10.2 Å². The van der Waals surface area contributed by atoms with Crippen molar-refractivity contribution in [1.29, 1.82) is 0 Å². The molecule has 0 aliphatic carbocycles. The van der Waals surface area contributed by atoms with E-state index in [2.05, 4.69) is 34.5 Å². The fraction of sp³-hybridized carbons (Fsp3) is 0.368. The van der Waals surface area contributed by atoms with E-state index >= 15 is 0 Å². The third-order valence-electron chi connectivity index (χ3n) is 4.42. The molecule has 1 heterocycles. The van der Waals surface area contributed by atoms with Gasteiger partial charge in [0.05, 0.1) is 0 Å². The molecule has 0 amide bonds. The van der Waals surface area contributed by atoms with E-state index in [1.807, 2.05) is 24.3 Å². The number of halogens is 2. The van der Waals surface area contributed by atoms with Gasteiger partial charge in [-0.25, -0.2) is 0 Å². The van der Waals surface area contributed by atoms with Crippen LogP contribution in [0.25, 0.3) is 0 Å². The van der Waals surface area contributed by atoms with Gasteiger partial charge in [-0.1, -0.05) is 47.5 Å². The summed E-state index contributed by atoms with van der Waals surface area (Å²) in [4.78, 5) is 2.52. The number of benzene rings is 2. The molecule has 1 saturated heterocycles. The monoisotopic (exact) mass is 348 g/mol. The van der Waals surface area contributed by atoms with Gasteiger partial charge in [0.25, 0.3) is 0 Å². The molecule has 0 bridgehead atoms. The Morgan fingerprint density at radius 3 is 1.91 bits per heavy atom. The summed E-state index contributed by atoms with van der Waals surface area (Å²) in [6.07, 6.45) is 2.39. The zero-order chi connectivity index (χ0) is 16.1. The Morgan fingerprint density at radius 1 is 0.826 bits per heavy atom. The molecule has 1 aliphatic heterocycles. The second-order valence-corrected chi connectivity index (χ2v) is 7.06. The lowest BCUT2D eigenvalue weighted by Gasteiger charge is -2.32. The van der Waals surface area contributed by atoms with Crippen molar-refractivity contribution in [2.24, 2.45) is 0 Å². The van der Waals surface area contributed by atoms with E-state index in [9.17, 15) is 0 Å². The molecule has 1 aliphatic rings. The zero-order valence-electron chi connectivity index (χ0n) is 13.1. The van der Waals surface area contributed by atoms with Crippen molar-refractivity contribution in [3.63, 3.8) is 0 Å². The van der Waals surface area contributed by atoms with Crippen molar-refractivity contribution in [2.75, 3.05) is 13.1 Å². The van der Waals surface area contributed by atoms with E-state index in [-0.39, 0.29) is 0 Å². The number of likely N-dealkylation sites (tertiary alicyclic amines) is 1. The normalized spacial score (nSPS) is 16.6. The Labute approximate surface area is 148 Å². The highest BCUT2D eigenvalue weighted by molar-refractivity contribution is 6.30. The summed E-state index contributed by atoms with van der Waals surface area (Å²) in [6, 6.07) is 16.9. The molecule has 2 nitrogen and oxygen atoms in total. The molecule has 4 heteroatoms. The molecule has 0 atom stereocenters. The number of nitrogens with one attached hydrogen (secondary N) is 1. The molecule has 0 saturated carbocycles. The highest BCUT2D eigenvalue weighted by Gasteiger charge is 2.18. The van der Waals surface area contributed by atoms with Gasteiger partial charge in [0.2, 0.25) is 0 Å². The van der Waals surface area contributed by atoms with E-state index < -0.39 is 0 Å². The van der Waals surface area contributed by atoms with Gasteiger partial charge in [0.1, 0.15) is 0 Å². The number of rotatable bonds is 5. The van der Waals surface area contributed by atoms with Crippen LogP contribution in [-0.4, -0.2) is 24.0 Å². The lowest BCUT2D eigenvalue weighted by molar-refractivity contribution is 0.190. The van der Waals surface area contributed by atoms with Gasteiger partial charge in [-0.05, 0) is 61.3 Å². The van der Waals surface area contributed by atoms with E-state index in [0.717, 1.165) is 36.2 Å². The van der Waals surface area contributed by atoms with Crippen LogP contribution in [0.2, 0.25) is 10.0 Å². The number of hydrogen-bond donors (Lipinski definition) is 1. The summed E-state index contributed by atoms with van der Waals surface area (Å²) < 4.78 is 0. The van der Waals surface area contributed by atoms with Crippen molar-refractivity contribution in [2.45, 2.75) is 32.0 Å². The van der Waals surface area contributed by atoms with Crippen LogP contribution < -0.4 is 5.32 Å². The predicted octanol–water partition coefficient (Wildman–Crippen LogP) is 4.75. The fourth-order valence-electron chi connectivity index (χ4n) is 3.01. The quantitative estimate of drug-likeness (QED) is 0.838.